The quantitative estimate of drug-likeness (QED) is 0.621. The van der Waals surface area contributed by atoms with Gasteiger partial charge >= 0.3 is 0 Å². The van der Waals surface area contributed by atoms with Crippen molar-refractivity contribution >= 4 is 17.5 Å². The molecule has 0 spiro atoms. The highest BCUT2D eigenvalue weighted by atomic mass is 16.3. The Bertz CT molecular complexity index is 739. The molecule has 0 atom stereocenters. The molecule has 21 heavy (non-hydrogen) atoms. The summed E-state index contributed by atoms with van der Waals surface area (Å²) in [6.07, 6.45) is 0.881. The monoisotopic (exact) mass is 283 g/mol. The molecular formula is C16H13NO4. The van der Waals surface area contributed by atoms with Gasteiger partial charge in [0, 0.05) is 12.0 Å². The van der Waals surface area contributed by atoms with Crippen molar-refractivity contribution in [3.8, 4) is 11.5 Å². The number of hydrogen-bond donors (Lipinski definition) is 2. The largest absolute Gasteiger partial charge is 0.504 e. The number of phenolic OH excluding ortho intramolecular Hbond substituents is 2. The van der Waals surface area contributed by atoms with Gasteiger partial charge in [0.25, 0.3) is 5.91 Å². The summed E-state index contributed by atoms with van der Waals surface area (Å²) >= 11 is 0. The van der Waals surface area contributed by atoms with Crippen molar-refractivity contribution in [2.75, 3.05) is 4.90 Å². The fourth-order valence-electron chi connectivity index (χ4n) is 2.44. The molecule has 106 valence electrons. The molecule has 1 heterocycles. The van der Waals surface area contributed by atoms with Gasteiger partial charge in [0.15, 0.2) is 11.5 Å². The van der Waals surface area contributed by atoms with Crippen LogP contribution in [0, 0.1) is 0 Å². The molecule has 0 bridgehead atoms. The summed E-state index contributed by atoms with van der Waals surface area (Å²) in [4.78, 5) is 25.8. The van der Waals surface area contributed by atoms with E-state index >= 15 is 0 Å². The van der Waals surface area contributed by atoms with E-state index in [4.69, 9.17) is 0 Å². The second kappa shape index (κ2) is 4.94. The van der Waals surface area contributed by atoms with E-state index in [1.807, 2.05) is 12.1 Å². The summed E-state index contributed by atoms with van der Waals surface area (Å²) in [7, 11) is 0. The normalized spacial score (nSPS) is 13.9. The Balaban J connectivity index is 2.04. The van der Waals surface area contributed by atoms with Gasteiger partial charge in [-0.1, -0.05) is 18.2 Å². The first-order valence-electron chi connectivity index (χ1n) is 6.55. The highest BCUT2D eigenvalue weighted by molar-refractivity contribution is 6.22. The van der Waals surface area contributed by atoms with Crippen molar-refractivity contribution in [2.45, 2.75) is 12.8 Å². The molecular weight excluding hydrogens is 270 g/mol. The highest BCUT2D eigenvalue weighted by Gasteiger charge is 2.30. The average Bonchev–Trinajstić information content (AvgIpc) is 2.49. The number of aryl methyl sites for hydroxylation is 1. The van der Waals surface area contributed by atoms with Gasteiger partial charge in [0.1, 0.15) is 0 Å². The minimum Gasteiger partial charge on any atom is -0.504 e. The van der Waals surface area contributed by atoms with Gasteiger partial charge in [-0.3, -0.25) is 9.59 Å². The molecule has 0 saturated carbocycles. The molecule has 3 rings (SSSR count). The van der Waals surface area contributed by atoms with Gasteiger partial charge in [-0.05, 0) is 36.2 Å². The number of phenols is 2. The molecule has 5 heteroatoms. The number of aromatic hydroxyl groups is 2. The van der Waals surface area contributed by atoms with Crippen molar-refractivity contribution in [3.63, 3.8) is 0 Å². The number of para-hydroxylation sites is 1. The van der Waals surface area contributed by atoms with Crippen molar-refractivity contribution in [1.29, 1.82) is 0 Å². The Kier molecular flexibility index (Phi) is 3.10. The lowest BCUT2D eigenvalue weighted by Crippen LogP contribution is -2.40. The molecule has 1 aliphatic heterocycles. The van der Waals surface area contributed by atoms with Crippen LogP contribution in [0.4, 0.5) is 5.69 Å². The second-order valence-electron chi connectivity index (χ2n) is 4.87. The summed E-state index contributed by atoms with van der Waals surface area (Å²) < 4.78 is 0. The minimum absolute atomic E-state index is 0.148. The SMILES string of the molecule is O=C1CCc2ccccc2N1C(=O)c1ccc(O)c(O)c1. The number of carbonyl (C=O) groups excluding carboxylic acids is 2. The molecule has 0 saturated heterocycles. The van der Waals surface area contributed by atoms with Crippen LogP contribution in [0.1, 0.15) is 22.3 Å². The third-order valence-electron chi connectivity index (χ3n) is 3.52. The maximum absolute atomic E-state index is 12.5. The summed E-state index contributed by atoms with van der Waals surface area (Å²) in [5, 5.41) is 18.8. The number of fused-ring (bicyclic) bond motifs is 1. The van der Waals surface area contributed by atoms with E-state index < -0.39 is 11.7 Å². The fourth-order valence-corrected chi connectivity index (χ4v) is 2.44. The second-order valence-corrected chi connectivity index (χ2v) is 4.87. The van der Waals surface area contributed by atoms with Gasteiger partial charge in [-0.15, -0.1) is 0 Å². The first kappa shape index (κ1) is 13.2. The number of benzene rings is 2. The van der Waals surface area contributed by atoms with Gasteiger partial charge in [-0.2, -0.15) is 0 Å². The molecule has 2 N–H and O–H groups in total. The standard InChI is InChI=1S/C16H13NO4/c18-13-7-5-11(9-14(13)19)16(21)17-12-4-2-1-3-10(12)6-8-15(17)20/h1-5,7,9,18-19H,6,8H2. The Labute approximate surface area is 121 Å². The van der Waals surface area contributed by atoms with Crippen LogP contribution in [0.25, 0.3) is 0 Å². The van der Waals surface area contributed by atoms with Crippen molar-refractivity contribution in [3.05, 3.63) is 53.6 Å². The van der Waals surface area contributed by atoms with Crippen LogP contribution in [0.15, 0.2) is 42.5 Å². The van der Waals surface area contributed by atoms with Crippen LogP contribution in [0.5, 0.6) is 11.5 Å². The van der Waals surface area contributed by atoms with E-state index in [9.17, 15) is 19.8 Å². The number of carbonyl (C=O) groups is 2. The predicted molar refractivity (Wildman–Crippen MR) is 76.4 cm³/mol. The zero-order valence-corrected chi connectivity index (χ0v) is 11.1. The Morgan fingerprint density at radius 3 is 2.52 bits per heavy atom. The Morgan fingerprint density at radius 1 is 1.00 bits per heavy atom. The number of nitrogens with zero attached hydrogens (tertiary/aromatic N) is 1. The molecule has 0 fully saturated rings. The van der Waals surface area contributed by atoms with Crippen LogP contribution in [-0.4, -0.2) is 22.0 Å². The van der Waals surface area contributed by atoms with Gasteiger partial charge in [0.05, 0.1) is 5.69 Å². The van der Waals surface area contributed by atoms with E-state index in [-0.39, 0.29) is 23.6 Å². The van der Waals surface area contributed by atoms with Crippen molar-refractivity contribution < 1.29 is 19.8 Å². The maximum atomic E-state index is 12.5. The fraction of sp³-hybridized carbons (Fsp3) is 0.125. The zero-order chi connectivity index (χ0) is 15.0. The van der Waals surface area contributed by atoms with E-state index in [2.05, 4.69) is 0 Å². The Hall–Kier alpha value is -2.82. The molecule has 0 aromatic heterocycles. The number of imide groups is 1. The van der Waals surface area contributed by atoms with E-state index in [1.165, 1.54) is 12.1 Å². The third-order valence-corrected chi connectivity index (χ3v) is 3.52. The van der Waals surface area contributed by atoms with Gasteiger partial charge in [-0.25, -0.2) is 4.90 Å². The van der Waals surface area contributed by atoms with E-state index in [1.54, 1.807) is 12.1 Å². The van der Waals surface area contributed by atoms with Gasteiger partial charge < -0.3 is 10.2 Å². The molecule has 0 radical (unpaired) electrons. The predicted octanol–water partition coefficient (Wildman–Crippen LogP) is 2.22. The summed E-state index contributed by atoms with van der Waals surface area (Å²) in [6, 6.07) is 11.0. The smallest absolute Gasteiger partial charge is 0.265 e. The summed E-state index contributed by atoms with van der Waals surface area (Å²) in [5.74, 6) is -1.48. The van der Waals surface area contributed by atoms with Crippen molar-refractivity contribution in [1.82, 2.24) is 0 Å². The lowest BCUT2D eigenvalue weighted by atomic mass is 10.00. The first-order valence-corrected chi connectivity index (χ1v) is 6.55. The number of rotatable bonds is 1. The molecule has 0 aliphatic carbocycles. The zero-order valence-electron chi connectivity index (χ0n) is 11.1. The van der Waals surface area contributed by atoms with Gasteiger partial charge in [0.2, 0.25) is 5.91 Å². The number of anilines is 1. The highest BCUT2D eigenvalue weighted by Crippen LogP contribution is 2.31. The lowest BCUT2D eigenvalue weighted by molar-refractivity contribution is -0.118. The Morgan fingerprint density at radius 2 is 1.76 bits per heavy atom. The topological polar surface area (TPSA) is 77.8 Å². The molecule has 2 aromatic carbocycles. The van der Waals surface area contributed by atoms with Crippen LogP contribution < -0.4 is 4.90 Å². The average molecular weight is 283 g/mol. The number of hydrogen-bond acceptors (Lipinski definition) is 4. The molecule has 2 aromatic rings. The lowest BCUT2D eigenvalue weighted by Gasteiger charge is -2.27. The minimum atomic E-state index is -0.512. The van der Waals surface area contributed by atoms with Crippen LogP contribution >= 0.6 is 0 Å². The van der Waals surface area contributed by atoms with Crippen LogP contribution in [-0.2, 0) is 11.2 Å². The molecule has 1 aliphatic rings. The maximum Gasteiger partial charge on any atom is 0.265 e. The first-order chi connectivity index (χ1) is 10.1. The summed E-state index contributed by atoms with van der Waals surface area (Å²) in [6.45, 7) is 0. The third kappa shape index (κ3) is 2.23. The van der Waals surface area contributed by atoms with E-state index in [0.717, 1.165) is 16.5 Å². The van der Waals surface area contributed by atoms with Crippen LogP contribution in [0.2, 0.25) is 0 Å². The van der Waals surface area contributed by atoms with E-state index in [0.29, 0.717) is 12.1 Å². The molecule has 0 unspecified atom stereocenters. The van der Waals surface area contributed by atoms with Crippen molar-refractivity contribution in [2.24, 2.45) is 0 Å². The van der Waals surface area contributed by atoms with Crippen LogP contribution in [0.3, 0.4) is 0 Å². The number of amides is 2. The molecule has 2 amide bonds. The summed E-state index contributed by atoms with van der Waals surface area (Å²) in [5.41, 5.74) is 1.66. The molecule has 5 nitrogen and oxygen atoms in total.